The number of thioether (sulfide) groups is 1. The van der Waals surface area contributed by atoms with Gasteiger partial charge >= 0.3 is 0 Å². The lowest BCUT2D eigenvalue weighted by molar-refractivity contribution is -0.112. The molecule has 0 fully saturated rings. The van der Waals surface area contributed by atoms with Crippen molar-refractivity contribution in [1.29, 1.82) is 0 Å². The molecule has 0 aromatic rings. The second kappa shape index (κ2) is 6.91. The highest BCUT2D eigenvalue weighted by Crippen LogP contribution is 2.04. The zero-order valence-corrected chi connectivity index (χ0v) is 8.94. The second-order valence-corrected chi connectivity index (χ2v) is 3.40. The molecule has 0 heterocycles. The zero-order chi connectivity index (χ0) is 10.3. The Hall–Kier alpha value is -0.550. The second-order valence-electron chi connectivity index (χ2n) is 1.90. The molecule has 0 aliphatic heterocycles. The SMILES string of the molecule is CCSC(=O)C(=NOC)C(=O)CCl. The molecule has 0 amide bonds. The Morgan fingerprint density at radius 2 is 2.15 bits per heavy atom. The Labute approximate surface area is 85.6 Å². The summed E-state index contributed by atoms with van der Waals surface area (Å²) < 4.78 is 0. The van der Waals surface area contributed by atoms with Gasteiger partial charge in [0.25, 0.3) is 0 Å². The minimum absolute atomic E-state index is 0.232. The van der Waals surface area contributed by atoms with E-state index in [1.165, 1.54) is 7.11 Å². The molecule has 74 valence electrons. The molecule has 0 aromatic heterocycles. The highest BCUT2D eigenvalue weighted by molar-refractivity contribution is 8.15. The van der Waals surface area contributed by atoms with Crippen LogP contribution in [0, 0.1) is 0 Å². The number of ketones is 1. The van der Waals surface area contributed by atoms with Gasteiger partial charge < -0.3 is 4.84 Å². The molecule has 0 saturated heterocycles. The Balaban J connectivity index is 4.52. The Morgan fingerprint density at radius 1 is 1.54 bits per heavy atom. The monoisotopic (exact) mass is 223 g/mol. The van der Waals surface area contributed by atoms with Crippen molar-refractivity contribution in [3.05, 3.63) is 0 Å². The number of hydrogen-bond acceptors (Lipinski definition) is 5. The lowest BCUT2D eigenvalue weighted by atomic mass is 10.3. The fourth-order valence-electron chi connectivity index (χ4n) is 0.556. The molecule has 0 atom stereocenters. The largest absolute Gasteiger partial charge is 0.398 e. The van der Waals surface area contributed by atoms with Crippen molar-refractivity contribution in [3.63, 3.8) is 0 Å². The maximum Gasteiger partial charge on any atom is 0.244 e. The number of rotatable bonds is 5. The summed E-state index contributed by atoms with van der Waals surface area (Å²) in [5.41, 5.74) is -0.232. The normalized spacial score (nSPS) is 11.2. The third-order valence-corrected chi connectivity index (χ3v) is 2.02. The van der Waals surface area contributed by atoms with Crippen LogP contribution >= 0.6 is 23.4 Å². The molecule has 0 N–H and O–H groups in total. The van der Waals surface area contributed by atoms with Crippen LogP contribution in [0.3, 0.4) is 0 Å². The van der Waals surface area contributed by atoms with Crippen molar-refractivity contribution in [2.24, 2.45) is 5.16 Å². The third kappa shape index (κ3) is 4.28. The van der Waals surface area contributed by atoms with Gasteiger partial charge in [0.05, 0.1) is 5.88 Å². The first-order valence-corrected chi connectivity index (χ1v) is 5.06. The first kappa shape index (κ1) is 12.4. The fraction of sp³-hybridized carbons (Fsp3) is 0.571. The Bertz CT molecular complexity index is 230. The van der Waals surface area contributed by atoms with E-state index in [4.69, 9.17) is 11.6 Å². The predicted octanol–water partition coefficient (Wildman–Crippen LogP) is 1.08. The molecule has 0 aliphatic carbocycles. The van der Waals surface area contributed by atoms with Gasteiger partial charge in [-0.25, -0.2) is 0 Å². The van der Waals surface area contributed by atoms with Crippen LogP contribution in [0.2, 0.25) is 0 Å². The molecule has 0 saturated carbocycles. The zero-order valence-electron chi connectivity index (χ0n) is 7.37. The summed E-state index contributed by atoms with van der Waals surface area (Å²) in [6.45, 7) is 1.80. The number of halogens is 1. The lowest BCUT2D eigenvalue weighted by Gasteiger charge is -1.99. The standard InChI is InChI=1S/C7H10ClNO3S/c1-3-13-7(11)6(9-12-2)5(10)4-8/h3-4H2,1-2H3. The van der Waals surface area contributed by atoms with Gasteiger partial charge in [-0.3, -0.25) is 9.59 Å². The summed E-state index contributed by atoms with van der Waals surface area (Å²) in [6, 6.07) is 0. The van der Waals surface area contributed by atoms with Crippen LogP contribution in [-0.2, 0) is 14.4 Å². The summed E-state index contributed by atoms with van der Waals surface area (Å²) in [7, 11) is 1.27. The van der Waals surface area contributed by atoms with E-state index >= 15 is 0 Å². The maximum absolute atomic E-state index is 11.2. The van der Waals surface area contributed by atoms with E-state index in [2.05, 4.69) is 9.99 Å². The Kier molecular flexibility index (Phi) is 6.62. The average Bonchev–Trinajstić information content (AvgIpc) is 2.13. The van der Waals surface area contributed by atoms with Gasteiger partial charge in [-0.2, -0.15) is 0 Å². The van der Waals surface area contributed by atoms with E-state index in [1.54, 1.807) is 6.92 Å². The number of alkyl halides is 1. The van der Waals surface area contributed by atoms with Crippen LogP contribution in [0.4, 0.5) is 0 Å². The van der Waals surface area contributed by atoms with Gasteiger partial charge in [-0.1, -0.05) is 23.8 Å². The molecule has 0 spiro atoms. The highest BCUT2D eigenvalue weighted by atomic mass is 35.5. The molecule has 0 unspecified atom stereocenters. The molecule has 6 heteroatoms. The van der Waals surface area contributed by atoms with Crippen LogP contribution in [0.25, 0.3) is 0 Å². The first-order chi connectivity index (χ1) is 6.17. The lowest BCUT2D eigenvalue weighted by Crippen LogP contribution is -2.23. The molecule has 4 nitrogen and oxygen atoms in total. The average molecular weight is 224 g/mol. The number of nitrogens with zero attached hydrogens (tertiary/aromatic N) is 1. The first-order valence-electron chi connectivity index (χ1n) is 3.54. The summed E-state index contributed by atoms with van der Waals surface area (Å²) in [4.78, 5) is 26.6. The smallest absolute Gasteiger partial charge is 0.244 e. The number of carbonyl (C=O) groups is 2. The number of oxime groups is 1. The van der Waals surface area contributed by atoms with Crippen molar-refractivity contribution in [1.82, 2.24) is 0 Å². The van der Waals surface area contributed by atoms with Crippen LogP contribution in [0.5, 0.6) is 0 Å². The maximum atomic E-state index is 11.2. The van der Waals surface area contributed by atoms with E-state index in [1.807, 2.05) is 0 Å². The molecule has 0 rings (SSSR count). The Morgan fingerprint density at radius 3 is 2.54 bits per heavy atom. The fourth-order valence-corrected chi connectivity index (χ4v) is 1.23. The number of hydrogen-bond donors (Lipinski definition) is 0. The van der Waals surface area contributed by atoms with Crippen molar-refractivity contribution in [3.8, 4) is 0 Å². The van der Waals surface area contributed by atoms with Crippen LogP contribution in [-0.4, -0.2) is 35.4 Å². The van der Waals surface area contributed by atoms with Crippen molar-refractivity contribution in [2.45, 2.75) is 6.92 Å². The van der Waals surface area contributed by atoms with Gasteiger partial charge in [0.2, 0.25) is 16.6 Å². The van der Waals surface area contributed by atoms with E-state index < -0.39 is 10.9 Å². The van der Waals surface area contributed by atoms with E-state index in [-0.39, 0.29) is 11.6 Å². The van der Waals surface area contributed by atoms with Gasteiger partial charge in [0, 0.05) is 0 Å². The van der Waals surface area contributed by atoms with Crippen LogP contribution < -0.4 is 0 Å². The van der Waals surface area contributed by atoms with Gasteiger partial charge in [0.15, 0.2) is 0 Å². The highest BCUT2D eigenvalue weighted by Gasteiger charge is 2.20. The summed E-state index contributed by atoms with van der Waals surface area (Å²) in [5, 5.41) is 2.92. The summed E-state index contributed by atoms with van der Waals surface area (Å²) in [6.07, 6.45) is 0. The van der Waals surface area contributed by atoms with E-state index in [0.717, 1.165) is 11.8 Å². The third-order valence-electron chi connectivity index (χ3n) is 1.04. The van der Waals surface area contributed by atoms with Crippen molar-refractivity contribution in [2.75, 3.05) is 18.7 Å². The van der Waals surface area contributed by atoms with Gasteiger partial charge in [0.1, 0.15) is 7.11 Å². The van der Waals surface area contributed by atoms with Gasteiger partial charge in [-0.05, 0) is 5.75 Å². The molecule has 13 heavy (non-hydrogen) atoms. The molecule has 0 radical (unpaired) electrons. The topological polar surface area (TPSA) is 55.7 Å². The van der Waals surface area contributed by atoms with Crippen LogP contribution in [0.15, 0.2) is 5.16 Å². The molecular weight excluding hydrogens is 214 g/mol. The minimum Gasteiger partial charge on any atom is -0.398 e. The van der Waals surface area contributed by atoms with Crippen LogP contribution in [0.1, 0.15) is 6.92 Å². The van der Waals surface area contributed by atoms with Gasteiger partial charge in [-0.15, -0.1) is 11.6 Å². The quantitative estimate of drug-likeness (QED) is 0.303. The molecule has 0 aliphatic rings. The van der Waals surface area contributed by atoms with Crippen molar-refractivity contribution < 1.29 is 14.4 Å². The molecule has 0 bridgehead atoms. The molecular formula is C7H10ClNO3S. The summed E-state index contributed by atoms with van der Waals surface area (Å²) >= 11 is 6.27. The predicted molar refractivity (Wildman–Crippen MR) is 53.3 cm³/mol. The van der Waals surface area contributed by atoms with E-state index in [9.17, 15) is 9.59 Å². The number of Topliss-reactive ketones (excluding diaryl/α,β-unsaturated/α-hetero) is 1. The minimum atomic E-state index is -0.519. The summed E-state index contributed by atoms with van der Waals surface area (Å²) in [5.74, 6) is -0.204. The van der Waals surface area contributed by atoms with Crippen molar-refractivity contribution >= 4 is 40.0 Å². The van der Waals surface area contributed by atoms with E-state index in [0.29, 0.717) is 5.75 Å². The number of carbonyl (C=O) groups excluding carboxylic acids is 2. The molecule has 0 aromatic carbocycles.